The molecule has 0 unspecified atom stereocenters. The number of hydrogen-bond acceptors (Lipinski definition) is 3. The third kappa shape index (κ3) is 2.53. The number of primary amides is 1. The maximum atomic E-state index is 12.3. The highest BCUT2D eigenvalue weighted by Crippen LogP contribution is 2.16. The SMILES string of the molecule is NC(=O)c1ccc(S(=O)(=O)N2CC[NH2+]CC2)cc1. The van der Waals surface area contributed by atoms with Crippen molar-refractivity contribution < 1.29 is 18.5 Å². The molecular weight excluding hydrogens is 254 g/mol. The average molecular weight is 270 g/mol. The molecule has 0 aromatic heterocycles. The van der Waals surface area contributed by atoms with Gasteiger partial charge in [0, 0.05) is 5.56 Å². The number of benzene rings is 1. The smallest absolute Gasteiger partial charge is 0.248 e. The highest BCUT2D eigenvalue weighted by molar-refractivity contribution is 7.89. The molecule has 1 aromatic carbocycles. The number of piperazine rings is 1. The van der Waals surface area contributed by atoms with E-state index in [9.17, 15) is 13.2 Å². The Balaban J connectivity index is 2.26. The third-order valence-corrected chi connectivity index (χ3v) is 4.85. The minimum Gasteiger partial charge on any atom is -0.366 e. The first-order valence-electron chi connectivity index (χ1n) is 5.73. The van der Waals surface area contributed by atoms with Gasteiger partial charge in [0.25, 0.3) is 0 Å². The second-order valence-electron chi connectivity index (χ2n) is 4.16. The van der Waals surface area contributed by atoms with Crippen molar-refractivity contribution >= 4 is 15.9 Å². The van der Waals surface area contributed by atoms with Crippen molar-refractivity contribution in [3.63, 3.8) is 0 Å². The first-order valence-corrected chi connectivity index (χ1v) is 7.17. The van der Waals surface area contributed by atoms with E-state index in [-0.39, 0.29) is 4.90 Å². The monoisotopic (exact) mass is 270 g/mol. The van der Waals surface area contributed by atoms with Crippen LogP contribution in [0.25, 0.3) is 0 Å². The fourth-order valence-electron chi connectivity index (χ4n) is 1.91. The third-order valence-electron chi connectivity index (χ3n) is 2.94. The molecule has 1 aliphatic heterocycles. The molecule has 0 radical (unpaired) electrons. The van der Waals surface area contributed by atoms with Crippen LogP contribution in [0.4, 0.5) is 0 Å². The van der Waals surface area contributed by atoms with Gasteiger partial charge in [0.2, 0.25) is 15.9 Å². The molecule has 7 heteroatoms. The number of amides is 1. The van der Waals surface area contributed by atoms with Gasteiger partial charge in [-0.1, -0.05) is 0 Å². The second-order valence-corrected chi connectivity index (χ2v) is 6.10. The van der Waals surface area contributed by atoms with Crippen molar-refractivity contribution in [3.8, 4) is 0 Å². The lowest BCUT2D eigenvalue weighted by atomic mass is 10.2. The number of nitrogens with zero attached hydrogens (tertiary/aromatic N) is 1. The number of nitrogens with two attached hydrogens (primary N) is 2. The Labute approximate surface area is 106 Å². The molecular formula is C11H16N3O3S+. The lowest BCUT2D eigenvalue weighted by molar-refractivity contribution is -0.661. The topological polar surface area (TPSA) is 97.1 Å². The van der Waals surface area contributed by atoms with Crippen LogP contribution in [0.1, 0.15) is 10.4 Å². The van der Waals surface area contributed by atoms with Crippen molar-refractivity contribution in [3.05, 3.63) is 29.8 Å². The molecule has 0 bridgehead atoms. The fourth-order valence-corrected chi connectivity index (χ4v) is 3.38. The van der Waals surface area contributed by atoms with E-state index in [4.69, 9.17) is 5.73 Å². The Kier molecular flexibility index (Phi) is 3.65. The van der Waals surface area contributed by atoms with Crippen molar-refractivity contribution in [2.45, 2.75) is 4.90 Å². The number of carbonyl (C=O) groups is 1. The molecule has 98 valence electrons. The molecule has 4 N–H and O–H groups in total. The Bertz CT molecular complexity index is 533. The zero-order valence-corrected chi connectivity index (χ0v) is 10.7. The van der Waals surface area contributed by atoms with Gasteiger partial charge in [0.1, 0.15) is 0 Å². The molecule has 1 amide bonds. The van der Waals surface area contributed by atoms with Crippen LogP contribution >= 0.6 is 0 Å². The summed E-state index contributed by atoms with van der Waals surface area (Å²) in [5, 5.41) is 2.09. The Morgan fingerprint density at radius 1 is 1.17 bits per heavy atom. The van der Waals surface area contributed by atoms with E-state index in [1.54, 1.807) is 0 Å². The van der Waals surface area contributed by atoms with Gasteiger partial charge in [0.15, 0.2) is 0 Å². The van der Waals surface area contributed by atoms with Crippen molar-refractivity contribution in [2.75, 3.05) is 26.2 Å². The maximum absolute atomic E-state index is 12.3. The second kappa shape index (κ2) is 5.05. The number of quaternary nitrogens is 1. The van der Waals surface area contributed by atoms with Crippen LogP contribution in [0, 0.1) is 0 Å². The zero-order valence-electron chi connectivity index (χ0n) is 9.87. The molecule has 1 fully saturated rings. The Hall–Kier alpha value is -1.44. The van der Waals surface area contributed by atoms with Crippen LogP contribution in [0.3, 0.4) is 0 Å². The molecule has 1 aromatic rings. The van der Waals surface area contributed by atoms with E-state index in [1.165, 1.54) is 28.6 Å². The van der Waals surface area contributed by atoms with Crippen LogP contribution in [0.5, 0.6) is 0 Å². The summed E-state index contributed by atoms with van der Waals surface area (Å²) in [5.41, 5.74) is 5.42. The molecule has 2 rings (SSSR count). The van der Waals surface area contributed by atoms with Gasteiger partial charge in [-0.05, 0) is 24.3 Å². The van der Waals surface area contributed by atoms with E-state index in [0.717, 1.165) is 13.1 Å². The van der Waals surface area contributed by atoms with Gasteiger partial charge in [-0.3, -0.25) is 4.79 Å². The summed E-state index contributed by atoms with van der Waals surface area (Å²) in [6, 6.07) is 5.72. The summed E-state index contributed by atoms with van der Waals surface area (Å²) in [4.78, 5) is 11.1. The maximum Gasteiger partial charge on any atom is 0.248 e. The number of hydrogen-bond donors (Lipinski definition) is 2. The molecule has 0 saturated carbocycles. The predicted molar refractivity (Wildman–Crippen MR) is 65.4 cm³/mol. The summed E-state index contributed by atoms with van der Waals surface area (Å²) >= 11 is 0. The average Bonchev–Trinajstić information content (AvgIpc) is 2.40. The standard InChI is InChI=1S/C11H15N3O3S/c12-11(15)9-1-3-10(4-2-9)18(16,17)14-7-5-13-6-8-14/h1-4,13H,5-8H2,(H2,12,15)/p+1. The Morgan fingerprint density at radius 3 is 2.22 bits per heavy atom. The lowest BCUT2D eigenvalue weighted by Crippen LogP contribution is -2.89. The van der Waals surface area contributed by atoms with Crippen LogP contribution in [-0.2, 0) is 10.0 Å². The molecule has 0 spiro atoms. The van der Waals surface area contributed by atoms with Gasteiger partial charge >= 0.3 is 0 Å². The van der Waals surface area contributed by atoms with Gasteiger partial charge in [-0.15, -0.1) is 0 Å². The fraction of sp³-hybridized carbons (Fsp3) is 0.364. The molecule has 1 heterocycles. The number of sulfonamides is 1. The van der Waals surface area contributed by atoms with Gasteiger partial charge in [-0.25, -0.2) is 8.42 Å². The summed E-state index contributed by atoms with van der Waals surface area (Å²) in [6.45, 7) is 2.58. The quantitative estimate of drug-likeness (QED) is 0.689. The largest absolute Gasteiger partial charge is 0.366 e. The molecule has 18 heavy (non-hydrogen) atoms. The van der Waals surface area contributed by atoms with E-state index >= 15 is 0 Å². The van der Waals surface area contributed by atoms with E-state index in [0.29, 0.717) is 18.7 Å². The van der Waals surface area contributed by atoms with Gasteiger partial charge < -0.3 is 11.1 Å². The zero-order chi connectivity index (χ0) is 13.2. The molecule has 1 aliphatic rings. The van der Waals surface area contributed by atoms with Crippen LogP contribution in [-0.4, -0.2) is 44.8 Å². The molecule has 1 saturated heterocycles. The molecule has 0 aliphatic carbocycles. The molecule has 6 nitrogen and oxygen atoms in total. The summed E-state index contributed by atoms with van der Waals surface area (Å²) in [7, 11) is -3.44. The van der Waals surface area contributed by atoms with Crippen molar-refractivity contribution in [1.82, 2.24) is 4.31 Å². The van der Waals surface area contributed by atoms with E-state index in [1.807, 2.05) is 0 Å². The summed E-state index contributed by atoms with van der Waals surface area (Å²) < 4.78 is 26.0. The van der Waals surface area contributed by atoms with Crippen LogP contribution in [0.2, 0.25) is 0 Å². The number of carbonyl (C=O) groups excluding carboxylic acids is 1. The van der Waals surface area contributed by atoms with Gasteiger partial charge in [-0.2, -0.15) is 4.31 Å². The lowest BCUT2D eigenvalue weighted by Gasteiger charge is -2.24. The number of rotatable bonds is 3. The van der Waals surface area contributed by atoms with Crippen molar-refractivity contribution in [1.29, 1.82) is 0 Å². The van der Waals surface area contributed by atoms with Crippen molar-refractivity contribution in [2.24, 2.45) is 5.73 Å². The minimum absolute atomic E-state index is 0.203. The normalized spacial score (nSPS) is 17.6. The predicted octanol–water partition coefficient (Wildman–Crippen LogP) is -1.65. The minimum atomic E-state index is -3.44. The van der Waals surface area contributed by atoms with Crippen LogP contribution < -0.4 is 11.1 Å². The first-order chi connectivity index (χ1) is 8.51. The van der Waals surface area contributed by atoms with E-state index in [2.05, 4.69) is 5.32 Å². The summed E-state index contributed by atoms with van der Waals surface area (Å²) in [6.07, 6.45) is 0. The van der Waals surface area contributed by atoms with E-state index < -0.39 is 15.9 Å². The van der Waals surface area contributed by atoms with Crippen LogP contribution in [0.15, 0.2) is 29.2 Å². The molecule has 0 atom stereocenters. The first kappa shape index (κ1) is 13.0. The van der Waals surface area contributed by atoms with Gasteiger partial charge in [0.05, 0.1) is 31.1 Å². The highest BCUT2D eigenvalue weighted by atomic mass is 32.2. The Morgan fingerprint density at radius 2 is 1.72 bits per heavy atom. The highest BCUT2D eigenvalue weighted by Gasteiger charge is 2.27. The summed E-state index contributed by atoms with van der Waals surface area (Å²) in [5.74, 6) is -0.563.